The SMILES string of the molecule is CCCN(Sc1ccccc1C(F)(F)F)C(C)(C)C=O. The van der Waals surface area contributed by atoms with Gasteiger partial charge in [0.1, 0.15) is 6.29 Å². The molecule has 0 aliphatic rings. The number of nitrogens with zero attached hydrogens (tertiary/aromatic N) is 1. The highest BCUT2D eigenvalue weighted by molar-refractivity contribution is 7.97. The van der Waals surface area contributed by atoms with E-state index >= 15 is 0 Å². The Morgan fingerprint density at radius 1 is 1.25 bits per heavy atom. The van der Waals surface area contributed by atoms with Gasteiger partial charge < -0.3 is 4.79 Å². The first-order chi connectivity index (χ1) is 9.22. The van der Waals surface area contributed by atoms with E-state index in [9.17, 15) is 18.0 Å². The Kier molecular flexibility index (Phi) is 5.65. The van der Waals surface area contributed by atoms with Crippen LogP contribution in [0.25, 0.3) is 0 Å². The fourth-order valence-corrected chi connectivity index (χ4v) is 2.82. The summed E-state index contributed by atoms with van der Waals surface area (Å²) in [6, 6.07) is 5.41. The molecule has 0 spiro atoms. The zero-order chi connectivity index (χ0) is 15.4. The lowest BCUT2D eigenvalue weighted by atomic mass is 10.1. The van der Waals surface area contributed by atoms with Crippen LogP contribution in [0.2, 0.25) is 0 Å². The number of aldehydes is 1. The second-order valence-corrected chi connectivity index (χ2v) is 6.02. The van der Waals surface area contributed by atoms with Crippen LogP contribution < -0.4 is 0 Å². The summed E-state index contributed by atoms with van der Waals surface area (Å²) in [5.41, 5.74) is -1.49. The Labute approximate surface area is 121 Å². The van der Waals surface area contributed by atoms with Gasteiger partial charge in [-0.2, -0.15) is 13.2 Å². The molecule has 0 bridgehead atoms. The number of benzene rings is 1. The Bertz CT molecular complexity index is 460. The second kappa shape index (κ2) is 6.63. The molecule has 0 fully saturated rings. The van der Waals surface area contributed by atoms with Gasteiger partial charge >= 0.3 is 6.18 Å². The average Bonchev–Trinajstić information content (AvgIpc) is 2.37. The van der Waals surface area contributed by atoms with Gasteiger partial charge in [-0.15, -0.1) is 0 Å². The summed E-state index contributed by atoms with van der Waals surface area (Å²) in [5.74, 6) is 0. The minimum atomic E-state index is -4.40. The molecular weight excluding hydrogens is 287 g/mol. The Balaban J connectivity index is 3.09. The van der Waals surface area contributed by atoms with Gasteiger partial charge in [0.25, 0.3) is 0 Å². The molecule has 0 aromatic heterocycles. The highest BCUT2D eigenvalue weighted by atomic mass is 32.2. The number of hydrogen-bond acceptors (Lipinski definition) is 3. The first-order valence-electron chi connectivity index (χ1n) is 6.30. The van der Waals surface area contributed by atoms with Crippen molar-refractivity contribution in [1.29, 1.82) is 0 Å². The molecule has 0 amide bonds. The van der Waals surface area contributed by atoms with Crippen molar-refractivity contribution in [3.05, 3.63) is 29.8 Å². The zero-order valence-electron chi connectivity index (χ0n) is 11.7. The fraction of sp³-hybridized carbons (Fsp3) is 0.500. The molecule has 0 radical (unpaired) electrons. The van der Waals surface area contributed by atoms with Gasteiger partial charge in [-0.3, -0.25) is 0 Å². The van der Waals surface area contributed by atoms with E-state index in [-0.39, 0.29) is 4.90 Å². The van der Waals surface area contributed by atoms with Crippen molar-refractivity contribution in [3.8, 4) is 0 Å². The van der Waals surface area contributed by atoms with Crippen molar-refractivity contribution >= 4 is 18.2 Å². The van der Waals surface area contributed by atoms with Gasteiger partial charge in [-0.05, 0) is 44.3 Å². The molecular formula is C14H18F3NOS. The van der Waals surface area contributed by atoms with Gasteiger partial charge in [-0.25, -0.2) is 4.31 Å². The minimum Gasteiger partial charge on any atom is -0.301 e. The third kappa shape index (κ3) is 4.24. The van der Waals surface area contributed by atoms with E-state index in [4.69, 9.17) is 0 Å². The third-order valence-corrected chi connectivity index (χ3v) is 4.19. The second-order valence-electron chi connectivity index (χ2n) is 4.96. The van der Waals surface area contributed by atoms with Crippen molar-refractivity contribution in [2.75, 3.05) is 6.54 Å². The average molecular weight is 305 g/mol. The molecule has 0 N–H and O–H groups in total. The maximum absolute atomic E-state index is 13.0. The largest absolute Gasteiger partial charge is 0.417 e. The molecule has 6 heteroatoms. The standard InChI is InChI=1S/C14H18F3NOS/c1-4-9-18(13(2,3)10-19)20-12-8-6-5-7-11(12)14(15,16)17/h5-8,10H,4,9H2,1-3H3. The first kappa shape index (κ1) is 17.0. The molecule has 0 atom stereocenters. The van der Waals surface area contributed by atoms with Crippen molar-refractivity contribution in [3.63, 3.8) is 0 Å². The number of carbonyl (C=O) groups excluding carboxylic acids is 1. The Morgan fingerprint density at radius 3 is 2.35 bits per heavy atom. The monoisotopic (exact) mass is 305 g/mol. The third-order valence-electron chi connectivity index (χ3n) is 2.76. The predicted molar refractivity (Wildman–Crippen MR) is 74.4 cm³/mol. The summed E-state index contributed by atoms with van der Waals surface area (Å²) >= 11 is 0.980. The van der Waals surface area contributed by atoms with Crippen LogP contribution in [-0.4, -0.2) is 22.7 Å². The lowest BCUT2D eigenvalue weighted by Gasteiger charge is -2.33. The number of rotatable bonds is 6. The number of hydrogen-bond donors (Lipinski definition) is 0. The Morgan fingerprint density at radius 2 is 1.85 bits per heavy atom. The molecule has 0 aliphatic carbocycles. The van der Waals surface area contributed by atoms with Crippen molar-refractivity contribution in [2.45, 2.75) is 43.8 Å². The van der Waals surface area contributed by atoms with Crippen LogP contribution in [0.4, 0.5) is 13.2 Å². The fourth-order valence-electron chi connectivity index (χ4n) is 1.61. The molecule has 0 aliphatic heterocycles. The van der Waals surface area contributed by atoms with E-state index in [1.54, 1.807) is 24.2 Å². The van der Waals surface area contributed by atoms with Crippen LogP contribution in [-0.2, 0) is 11.0 Å². The predicted octanol–water partition coefficient (Wildman–Crippen LogP) is 4.40. The smallest absolute Gasteiger partial charge is 0.301 e. The zero-order valence-corrected chi connectivity index (χ0v) is 12.5. The summed E-state index contributed by atoms with van der Waals surface area (Å²) in [6.07, 6.45) is -2.89. The molecule has 20 heavy (non-hydrogen) atoms. The van der Waals surface area contributed by atoms with Gasteiger partial charge in [0.2, 0.25) is 0 Å². The van der Waals surface area contributed by atoms with Crippen LogP contribution in [0.15, 0.2) is 29.2 Å². The summed E-state index contributed by atoms with van der Waals surface area (Å²) in [6.45, 7) is 5.84. The van der Waals surface area contributed by atoms with E-state index in [1.807, 2.05) is 6.92 Å². The summed E-state index contributed by atoms with van der Waals surface area (Å²) < 4.78 is 40.6. The van der Waals surface area contributed by atoms with Crippen molar-refractivity contribution in [1.82, 2.24) is 4.31 Å². The highest BCUT2D eigenvalue weighted by Crippen LogP contribution is 2.39. The van der Waals surface area contributed by atoms with E-state index < -0.39 is 17.3 Å². The van der Waals surface area contributed by atoms with E-state index in [1.165, 1.54) is 12.1 Å². The molecule has 1 aromatic rings. The Hall–Kier alpha value is -1.01. The molecule has 1 rings (SSSR count). The van der Waals surface area contributed by atoms with E-state index in [0.717, 1.165) is 30.7 Å². The lowest BCUT2D eigenvalue weighted by Crippen LogP contribution is -2.41. The molecule has 112 valence electrons. The molecule has 1 aromatic carbocycles. The molecule has 0 unspecified atom stereocenters. The van der Waals surface area contributed by atoms with Gasteiger partial charge in [0.15, 0.2) is 0 Å². The van der Waals surface area contributed by atoms with Gasteiger partial charge in [-0.1, -0.05) is 19.1 Å². The van der Waals surface area contributed by atoms with Crippen LogP contribution >= 0.6 is 11.9 Å². The maximum Gasteiger partial charge on any atom is 0.417 e. The maximum atomic E-state index is 13.0. The van der Waals surface area contributed by atoms with Crippen molar-refractivity contribution in [2.24, 2.45) is 0 Å². The number of carbonyl (C=O) groups is 1. The summed E-state index contributed by atoms with van der Waals surface area (Å²) in [5, 5.41) is 0. The van der Waals surface area contributed by atoms with Crippen LogP contribution in [0, 0.1) is 0 Å². The normalized spacial score (nSPS) is 12.8. The van der Waals surface area contributed by atoms with Crippen LogP contribution in [0.5, 0.6) is 0 Å². The minimum absolute atomic E-state index is 0.114. The lowest BCUT2D eigenvalue weighted by molar-refractivity contribution is -0.139. The molecule has 0 saturated heterocycles. The van der Waals surface area contributed by atoms with Crippen LogP contribution in [0.3, 0.4) is 0 Å². The van der Waals surface area contributed by atoms with Gasteiger partial charge in [0, 0.05) is 11.4 Å². The number of halogens is 3. The first-order valence-corrected chi connectivity index (χ1v) is 7.08. The topological polar surface area (TPSA) is 20.3 Å². The molecule has 0 saturated carbocycles. The van der Waals surface area contributed by atoms with E-state index in [0.29, 0.717) is 6.54 Å². The number of alkyl halides is 3. The highest BCUT2D eigenvalue weighted by Gasteiger charge is 2.35. The summed E-state index contributed by atoms with van der Waals surface area (Å²) in [7, 11) is 0. The quantitative estimate of drug-likeness (QED) is 0.574. The van der Waals surface area contributed by atoms with E-state index in [2.05, 4.69) is 0 Å². The molecule has 2 nitrogen and oxygen atoms in total. The van der Waals surface area contributed by atoms with Crippen molar-refractivity contribution < 1.29 is 18.0 Å². The molecule has 0 heterocycles. The van der Waals surface area contributed by atoms with Crippen LogP contribution in [0.1, 0.15) is 32.8 Å². The summed E-state index contributed by atoms with van der Waals surface area (Å²) in [4.78, 5) is 11.3. The van der Waals surface area contributed by atoms with Gasteiger partial charge in [0.05, 0.1) is 11.1 Å².